The summed E-state index contributed by atoms with van der Waals surface area (Å²) in [7, 11) is 1.59. The summed E-state index contributed by atoms with van der Waals surface area (Å²) in [5, 5.41) is 6.90. The van der Waals surface area contributed by atoms with Crippen LogP contribution < -0.4 is 14.8 Å². The SMILES string of the molecule is CCOc1ccc(/C=N/OCC(=O)NC2CCCCC2C)cc1OC. The summed E-state index contributed by atoms with van der Waals surface area (Å²) in [5.74, 6) is 1.72. The molecule has 1 aromatic rings. The van der Waals surface area contributed by atoms with E-state index in [-0.39, 0.29) is 18.6 Å². The average Bonchev–Trinajstić information content (AvgIpc) is 2.62. The van der Waals surface area contributed by atoms with E-state index in [1.807, 2.05) is 25.1 Å². The zero-order chi connectivity index (χ0) is 18.1. The molecule has 2 atom stereocenters. The Morgan fingerprint density at radius 3 is 2.84 bits per heavy atom. The molecule has 2 rings (SSSR count). The fraction of sp³-hybridized carbons (Fsp3) is 0.579. The number of amides is 1. The van der Waals surface area contributed by atoms with Gasteiger partial charge in [0, 0.05) is 11.6 Å². The number of hydrogen-bond acceptors (Lipinski definition) is 5. The van der Waals surface area contributed by atoms with E-state index < -0.39 is 0 Å². The molecule has 1 aromatic carbocycles. The van der Waals surface area contributed by atoms with Crippen LogP contribution in [0, 0.1) is 5.92 Å². The van der Waals surface area contributed by atoms with Gasteiger partial charge < -0.3 is 19.6 Å². The van der Waals surface area contributed by atoms with Crippen LogP contribution in [0.4, 0.5) is 0 Å². The first-order valence-electron chi connectivity index (χ1n) is 8.89. The summed E-state index contributed by atoms with van der Waals surface area (Å²) in [6.45, 7) is 4.60. The molecule has 0 heterocycles. The molecule has 0 aliphatic heterocycles. The van der Waals surface area contributed by atoms with E-state index >= 15 is 0 Å². The van der Waals surface area contributed by atoms with Crippen LogP contribution in [-0.2, 0) is 9.63 Å². The predicted octanol–water partition coefficient (Wildman–Crippen LogP) is 3.14. The van der Waals surface area contributed by atoms with Gasteiger partial charge in [-0.05, 0) is 43.9 Å². The summed E-state index contributed by atoms with van der Waals surface area (Å²) < 4.78 is 10.8. The van der Waals surface area contributed by atoms with Crippen molar-refractivity contribution in [2.75, 3.05) is 20.3 Å². The van der Waals surface area contributed by atoms with Gasteiger partial charge in [0.05, 0.1) is 19.9 Å². The van der Waals surface area contributed by atoms with Crippen LogP contribution in [0.5, 0.6) is 11.5 Å². The predicted molar refractivity (Wildman–Crippen MR) is 97.3 cm³/mol. The highest BCUT2D eigenvalue weighted by atomic mass is 16.6. The summed E-state index contributed by atoms with van der Waals surface area (Å²) >= 11 is 0. The Bertz CT molecular complexity index is 589. The number of rotatable bonds is 8. The molecule has 1 N–H and O–H groups in total. The van der Waals surface area contributed by atoms with Crippen LogP contribution in [0.1, 0.15) is 45.1 Å². The average molecular weight is 348 g/mol. The smallest absolute Gasteiger partial charge is 0.261 e. The molecule has 6 nitrogen and oxygen atoms in total. The number of carbonyl (C=O) groups excluding carboxylic acids is 1. The standard InChI is InChI=1S/C19H28N2O4/c1-4-24-17-10-9-15(11-18(17)23-3)12-20-25-13-19(22)21-16-8-6-5-7-14(16)2/h9-12,14,16H,4-8,13H2,1-3H3,(H,21,22)/b20-12+. The Kier molecular flexibility index (Phi) is 7.57. The molecule has 1 aliphatic carbocycles. The van der Waals surface area contributed by atoms with Crippen LogP contribution in [0.25, 0.3) is 0 Å². The van der Waals surface area contributed by atoms with Gasteiger partial charge in [-0.3, -0.25) is 4.79 Å². The molecule has 25 heavy (non-hydrogen) atoms. The topological polar surface area (TPSA) is 69.2 Å². The number of oxime groups is 1. The molecule has 138 valence electrons. The Balaban J connectivity index is 1.79. The minimum atomic E-state index is -0.125. The molecule has 0 radical (unpaired) electrons. The second-order valence-electron chi connectivity index (χ2n) is 6.29. The zero-order valence-corrected chi connectivity index (χ0v) is 15.3. The highest BCUT2D eigenvalue weighted by Gasteiger charge is 2.22. The molecule has 1 aliphatic rings. The number of nitrogens with zero attached hydrogens (tertiary/aromatic N) is 1. The van der Waals surface area contributed by atoms with E-state index in [0.717, 1.165) is 12.0 Å². The van der Waals surface area contributed by atoms with Gasteiger partial charge >= 0.3 is 0 Å². The maximum Gasteiger partial charge on any atom is 0.261 e. The maximum atomic E-state index is 11.9. The van der Waals surface area contributed by atoms with Crippen molar-refractivity contribution in [1.82, 2.24) is 5.32 Å². The molecular formula is C19H28N2O4. The lowest BCUT2D eigenvalue weighted by Gasteiger charge is -2.29. The Morgan fingerprint density at radius 2 is 2.12 bits per heavy atom. The molecule has 0 bridgehead atoms. The molecule has 0 aromatic heterocycles. The lowest BCUT2D eigenvalue weighted by atomic mass is 9.86. The van der Waals surface area contributed by atoms with Crippen molar-refractivity contribution in [3.63, 3.8) is 0 Å². The van der Waals surface area contributed by atoms with Gasteiger partial charge in [0.1, 0.15) is 0 Å². The van der Waals surface area contributed by atoms with Crippen molar-refractivity contribution in [2.45, 2.75) is 45.6 Å². The van der Waals surface area contributed by atoms with Crippen molar-refractivity contribution in [3.8, 4) is 11.5 Å². The van der Waals surface area contributed by atoms with E-state index in [1.54, 1.807) is 13.3 Å². The highest BCUT2D eigenvalue weighted by Crippen LogP contribution is 2.27. The number of methoxy groups -OCH3 is 1. The van der Waals surface area contributed by atoms with E-state index in [2.05, 4.69) is 17.4 Å². The first-order valence-corrected chi connectivity index (χ1v) is 8.89. The molecule has 6 heteroatoms. The minimum Gasteiger partial charge on any atom is -0.493 e. The van der Waals surface area contributed by atoms with Gasteiger partial charge in [0.25, 0.3) is 5.91 Å². The third-order valence-electron chi connectivity index (χ3n) is 4.42. The molecular weight excluding hydrogens is 320 g/mol. The highest BCUT2D eigenvalue weighted by molar-refractivity contribution is 5.81. The summed E-state index contributed by atoms with van der Waals surface area (Å²) in [6, 6.07) is 5.73. The van der Waals surface area contributed by atoms with Crippen LogP contribution in [0.2, 0.25) is 0 Å². The first-order chi connectivity index (χ1) is 12.1. The van der Waals surface area contributed by atoms with Gasteiger partial charge in [-0.2, -0.15) is 0 Å². The number of benzene rings is 1. The van der Waals surface area contributed by atoms with Gasteiger partial charge in [0.2, 0.25) is 0 Å². The van der Waals surface area contributed by atoms with Crippen LogP contribution in [-0.4, -0.2) is 38.5 Å². The number of carbonyl (C=O) groups is 1. The first kappa shape index (κ1) is 19.1. The van der Waals surface area contributed by atoms with Crippen molar-refractivity contribution in [1.29, 1.82) is 0 Å². The van der Waals surface area contributed by atoms with Gasteiger partial charge in [-0.15, -0.1) is 0 Å². The van der Waals surface area contributed by atoms with Crippen LogP contribution in [0.3, 0.4) is 0 Å². The molecule has 1 saturated carbocycles. The van der Waals surface area contributed by atoms with Crippen LogP contribution in [0.15, 0.2) is 23.4 Å². The monoisotopic (exact) mass is 348 g/mol. The summed E-state index contributed by atoms with van der Waals surface area (Å²) in [6.07, 6.45) is 6.19. The van der Waals surface area contributed by atoms with E-state index in [9.17, 15) is 4.79 Å². The third-order valence-corrected chi connectivity index (χ3v) is 4.42. The van der Waals surface area contributed by atoms with E-state index in [4.69, 9.17) is 14.3 Å². The summed E-state index contributed by atoms with van der Waals surface area (Å²) in [4.78, 5) is 17.1. The van der Waals surface area contributed by atoms with Gasteiger partial charge in [-0.1, -0.05) is 24.9 Å². The second kappa shape index (κ2) is 9.91. The fourth-order valence-electron chi connectivity index (χ4n) is 3.01. The van der Waals surface area contributed by atoms with Crippen LogP contribution >= 0.6 is 0 Å². The van der Waals surface area contributed by atoms with Crippen molar-refractivity contribution in [2.24, 2.45) is 11.1 Å². The molecule has 1 amide bonds. The maximum absolute atomic E-state index is 11.9. The van der Waals surface area contributed by atoms with E-state index in [0.29, 0.717) is 24.0 Å². The lowest BCUT2D eigenvalue weighted by molar-refractivity contribution is -0.126. The second-order valence-corrected chi connectivity index (χ2v) is 6.29. The van der Waals surface area contributed by atoms with Crippen molar-refractivity contribution in [3.05, 3.63) is 23.8 Å². The van der Waals surface area contributed by atoms with Gasteiger partial charge in [-0.25, -0.2) is 0 Å². The third kappa shape index (κ3) is 5.96. The number of hydrogen-bond donors (Lipinski definition) is 1. The van der Waals surface area contributed by atoms with E-state index in [1.165, 1.54) is 19.3 Å². The van der Waals surface area contributed by atoms with Gasteiger partial charge in [0.15, 0.2) is 18.1 Å². The molecule has 0 spiro atoms. The molecule has 2 unspecified atom stereocenters. The lowest BCUT2D eigenvalue weighted by Crippen LogP contribution is -2.42. The van der Waals surface area contributed by atoms with Crippen molar-refractivity contribution < 1.29 is 19.1 Å². The Morgan fingerprint density at radius 1 is 1.32 bits per heavy atom. The largest absolute Gasteiger partial charge is 0.493 e. The Hall–Kier alpha value is -2.24. The Labute approximate surface area is 149 Å². The number of nitrogens with one attached hydrogen (secondary N) is 1. The minimum absolute atomic E-state index is 0.0755. The number of ether oxygens (including phenoxy) is 2. The zero-order valence-electron chi connectivity index (χ0n) is 15.3. The fourth-order valence-corrected chi connectivity index (χ4v) is 3.01. The normalized spacial score (nSPS) is 20.3. The molecule has 1 fully saturated rings. The molecule has 0 saturated heterocycles. The quantitative estimate of drug-likeness (QED) is 0.579. The van der Waals surface area contributed by atoms with Crippen molar-refractivity contribution >= 4 is 12.1 Å². The summed E-state index contributed by atoms with van der Waals surface area (Å²) in [5.41, 5.74) is 0.807.